The van der Waals surface area contributed by atoms with Crippen LogP contribution in [0.5, 0.6) is 5.75 Å². The number of aromatic nitrogens is 2. The van der Waals surface area contributed by atoms with Gasteiger partial charge in [0.05, 0.1) is 12.3 Å². The van der Waals surface area contributed by atoms with E-state index in [2.05, 4.69) is 20.6 Å². The summed E-state index contributed by atoms with van der Waals surface area (Å²) in [4.78, 5) is 8.74. The second kappa shape index (κ2) is 7.61. The van der Waals surface area contributed by atoms with Gasteiger partial charge in [-0.3, -0.25) is 0 Å². The van der Waals surface area contributed by atoms with E-state index >= 15 is 0 Å². The quantitative estimate of drug-likeness (QED) is 0.675. The molecule has 0 aliphatic heterocycles. The molecule has 0 saturated carbocycles. The number of rotatable bonds is 6. The second-order valence-electron chi connectivity index (χ2n) is 5.38. The van der Waals surface area contributed by atoms with Crippen molar-refractivity contribution in [3.05, 3.63) is 66.2 Å². The summed E-state index contributed by atoms with van der Waals surface area (Å²) in [6.07, 6.45) is 0. The molecule has 1 heterocycles. The fraction of sp³-hybridized carbons (Fsp3) is 0.158. The van der Waals surface area contributed by atoms with Gasteiger partial charge in [-0.1, -0.05) is 18.2 Å². The smallest absolute Gasteiger partial charge is 0.142 e. The van der Waals surface area contributed by atoms with Gasteiger partial charge in [-0.25, -0.2) is 14.4 Å². The van der Waals surface area contributed by atoms with Gasteiger partial charge in [0.1, 0.15) is 29.0 Å². The molecule has 0 aliphatic rings. The second-order valence-corrected chi connectivity index (χ2v) is 5.38. The SMILES string of the molecule is CCOc1ccccc1Nc1cc(Nc2cccc(F)c2)nc(C)n1. The maximum absolute atomic E-state index is 13.3. The standard InChI is InChI=1S/C19H19FN4O/c1-3-25-17-10-5-4-9-16(17)24-19-12-18(21-13(2)22-19)23-15-8-6-7-14(20)11-15/h4-12H,3H2,1-2H3,(H2,21,22,23,24). The molecule has 3 rings (SSSR count). The average molecular weight is 338 g/mol. The topological polar surface area (TPSA) is 59.1 Å². The predicted molar refractivity (Wildman–Crippen MR) is 97.3 cm³/mol. The molecule has 0 saturated heterocycles. The first kappa shape index (κ1) is 16.7. The molecule has 3 aromatic rings. The third-order valence-electron chi connectivity index (χ3n) is 3.38. The fourth-order valence-corrected chi connectivity index (χ4v) is 2.40. The van der Waals surface area contributed by atoms with Crippen molar-refractivity contribution in [3.8, 4) is 5.75 Å². The molecule has 6 heteroatoms. The molecule has 0 unspecified atom stereocenters. The number of nitrogens with zero attached hydrogens (tertiary/aromatic N) is 2. The highest BCUT2D eigenvalue weighted by Crippen LogP contribution is 2.28. The highest BCUT2D eigenvalue weighted by molar-refractivity contribution is 5.67. The lowest BCUT2D eigenvalue weighted by molar-refractivity contribution is 0.342. The van der Waals surface area contributed by atoms with Crippen molar-refractivity contribution in [3.63, 3.8) is 0 Å². The van der Waals surface area contributed by atoms with Crippen LogP contribution < -0.4 is 15.4 Å². The van der Waals surface area contributed by atoms with Gasteiger partial charge in [0.25, 0.3) is 0 Å². The summed E-state index contributed by atoms with van der Waals surface area (Å²) >= 11 is 0. The van der Waals surface area contributed by atoms with Crippen molar-refractivity contribution in [1.82, 2.24) is 9.97 Å². The molecular formula is C19H19FN4O. The van der Waals surface area contributed by atoms with E-state index in [-0.39, 0.29) is 5.82 Å². The summed E-state index contributed by atoms with van der Waals surface area (Å²) in [6, 6.07) is 15.6. The molecule has 5 nitrogen and oxygen atoms in total. The maximum atomic E-state index is 13.3. The van der Waals surface area contributed by atoms with Gasteiger partial charge in [0.15, 0.2) is 0 Å². The maximum Gasteiger partial charge on any atom is 0.142 e. The van der Waals surface area contributed by atoms with Crippen LogP contribution in [0.15, 0.2) is 54.6 Å². The van der Waals surface area contributed by atoms with E-state index in [0.717, 1.165) is 11.4 Å². The number of anilines is 4. The van der Waals surface area contributed by atoms with E-state index in [1.54, 1.807) is 25.1 Å². The van der Waals surface area contributed by atoms with E-state index in [1.165, 1.54) is 12.1 Å². The van der Waals surface area contributed by atoms with Crippen molar-refractivity contribution in [2.45, 2.75) is 13.8 Å². The Bertz CT molecular complexity index is 870. The summed E-state index contributed by atoms with van der Waals surface area (Å²) < 4.78 is 18.9. The van der Waals surface area contributed by atoms with Gasteiger partial charge in [-0.2, -0.15) is 0 Å². The first-order valence-corrected chi connectivity index (χ1v) is 8.01. The summed E-state index contributed by atoms with van der Waals surface area (Å²) in [5.41, 5.74) is 1.44. The zero-order chi connectivity index (χ0) is 17.6. The van der Waals surface area contributed by atoms with Crippen LogP contribution >= 0.6 is 0 Å². The Morgan fingerprint density at radius 2 is 1.72 bits per heavy atom. The third kappa shape index (κ3) is 4.44. The molecule has 0 amide bonds. The van der Waals surface area contributed by atoms with Crippen LogP contribution in [-0.4, -0.2) is 16.6 Å². The Labute approximate surface area is 145 Å². The molecule has 25 heavy (non-hydrogen) atoms. The Kier molecular flexibility index (Phi) is 5.09. The van der Waals surface area contributed by atoms with Crippen LogP contribution in [0.25, 0.3) is 0 Å². The highest BCUT2D eigenvalue weighted by atomic mass is 19.1. The van der Waals surface area contributed by atoms with Gasteiger partial charge < -0.3 is 15.4 Å². The van der Waals surface area contributed by atoms with E-state index in [1.807, 2.05) is 31.2 Å². The minimum absolute atomic E-state index is 0.306. The first-order valence-electron chi connectivity index (χ1n) is 8.01. The molecule has 2 N–H and O–H groups in total. The lowest BCUT2D eigenvalue weighted by Gasteiger charge is -2.13. The van der Waals surface area contributed by atoms with E-state index in [0.29, 0.717) is 29.8 Å². The summed E-state index contributed by atoms with van der Waals surface area (Å²) in [5.74, 6) is 2.24. The molecule has 0 atom stereocenters. The fourth-order valence-electron chi connectivity index (χ4n) is 2.40. The van der Waals surface area contributed by atoms with Gasteiger partial charge in [0.2, 0.25) is 0 Å². The van der Waals surface area contributed by atoms with Gasteiger partial charge in [0, 0.05) is 11.8 Å². The first-order chi connectivity index (χ1) is 12.1. The minimum Gasteiger partial charge on any atom is -0.492 e. The van der Waals surface area contributed by atoms with Crippen molar-refractivity contribution in [2.75, 3.05) is 17.2 Å². The highest BCUT2D eigenvalue weighted by Gasteiger charge is 2.07. The number of aryl methyl sites for hydroxylation is 1. The van der Waals surface area contributed by atoms with Crippen LogP contribution in [0.3, 0.4) is 0 Å². The van der Waals surface area contributed by atoms with Crippen molar-refractivity contribution < 1.29 is 9.13 Å². The normalized spacial score (nSPS) is 10.4. The molecule has 128 valence electrons. The molecule has 0 spiro atoms. The molecule has 0 bridgehead atoms. The molecule has 0 fully saturated rings. The van der Waals surface area contributed by atoms with Crippen LogP contribution in [0.4, 0.5) is 27.4 Å². The number of ether oxygens (including phenoxy) is 1. The number of para-hydroxylation sites is 2. The number of benzene rings is 2. The van der Waals surface area contributed by atoms with Crippen LogP contribution in [0, 0.1) is 12.7 Å². The molecule has 0 radical (unpaired) electrons. The predicted octanol–water partition coefficient (Wildman–Crippen LogP) is 4.81. The largest absolute Gasteiger partial charge is 0.492 e. The molecular weight excluding hydrogens is 319 g/mol. The monoisotopic (exact) mass is 338 g/mol. The zero-order valence-corrected chi connectivity index (χ0v) is 14.1. The lowest BCUT2D eigenvalue weighted by atomic mass is 10.3. The Hall–Kier alpha value is -3.15. The lowest BCUT2D eigenvalue weighted by Crippen LogP contribution is -2.03. The van der Waals surface area contributed by atoms with Crippen molar-refractivity contribution in [2.24, 2.45) is 0 Å². The number of hydrogen-bond donors (Lipinski definition) is 2. The van der Waals surface area contributed by atoms with E-state index in [9.17, 15) is 4.39 Å². The number of hydrogen-bond acceptors (Lipinski definition) is 5. The Morgan fingerprint density at radius 3 is 2.48 bits per heavy atom. The third-order valence-corrected chi connectivity index (χ3v) is 3.38. The zero-order valence-electron chi connectivity index (χ0n) is 14.1. The summed E-state index contributed by atoms with van der Waals surface area (Å²) in [5, 5.41) is 6.33. The van der Waals surface area contributed by atoms with E-state index in [4.69, 9.17) is 4.74 Å². The summed E-state index contributed by atoms with van der Waals surface area (Å²) in [7, 11) is 0. The average Bonchev–Trinajstić information content (AvgIpc) is 2.56. The number of halogens is 1. The Morgan fingerprint density at radius 1 is 0.960 bits per heavy atom. The van der Waals surface area contributed by atoms with Gasteiger partial charge in [-0.05, 0) is 44.2 Å². The molecule has 0 aliphatic carbocycles. The van der Waals surface area contributed by atoms with Crippen LogP contribution in [0.2, 0.25) is 0 Å². The van der Waals surface area contributed by atoms with Gasteiger partial charge in [-0.15, -0.1) is 0 Å². The van der Waals surface area contributed by atoms with Crippen LogP contribution in [-0.2, 0) is 0 Å². The summed E-state index contributed by atoms with van der Waals surface area (Å²) in [6.45, 7) is 4.32. The van der Waals surface area contributed by atoms with Gasteiger partial charge >= 0.3 is 0 Å². The minimum atomic E-state index is -0.306. The van der Waals surface area contributed by atoms with Crippen molar-refractivity contribution >= 4 is 23.0 Å². The molecule has 1 aromatic heterocycles. The molecule has 2 aromatic carbocycles. The Balaban J connectivity index is 1.85. The van der Waals surface area contributed by atoms with Crippen LogP contribution in [0.1, 0.15) is 12.7 Å². The number of nitrogens with one attached hydrogen (secondary N) is 2. The van der Waals surface area contributed by atoms with Crippen molar-refractivity contribution in [1.29, 1.82) is 0 Å². The van der Waals surface area contributed by atoms with E-state index < -0.39 is 0 Å².